The van der Waals surface area contributed by atoms with Crippen LogP contribution in [0, 0.1) is 5.82 Å². The predicted molar refractivity (Wildman–Crippen MR) is 91.9 cm³/mol. The van der Waals surface area contributed by atoms with E-state index in [1.165, 1.54) is 22.8 Å². The van der Waals surface area contributed by atoms with Crippen molar-refractivity contribution in [1.29, 1.82) is 0 Å². The Hall–Kier alpha value is -2.18. The van der Waals surface area contributed by atoms with Crippen LogP contribution in [0.25, 0.3) is 27.6 Å². The van der Waals surface area contributed by atoms with Crippen LogP contribution in [0.15, 0.2) is 51.9 Å². The average Bonchev–Trinajstić information content (AvgIpc) is 2.86. The molecular formula is C16H8BrClFN3O. The largest absolute Gasteiger partial charge is 0.331 e. The lowest BCUT2D eigenvalue weighted by Gasteiger charge is -2.07. The molecule has 0 amide bonds. The number of nitrogens with zero attached hydrogens (tertiary/aromatic N) is 2. The number of pyridine rings is 1. The Morgan fingerprint density at radius 1 is 1.22 bits per heavy atom. The minimum atomic E-state index is -0.530. The van der Waals surface area contributed by atoms with Gasteiger partial charge < -0.3 is 4.98 Å². The van der Waals surface area contributed by atoms with Gasteiger partial charge in [-0.3, -0.25) is 9.55 Å². The first-order valence-electron chi connectivity index (χ1n) is 6.69. The van der Waals surface area contributed by atoms with Crippen molar-refractivity contribution in [3.63, 3.8) is 0 Å². The van der Waals surface area contributed by atoms with Crippen LogP contribution >= 0.6 is 27.5 Å². The number of benzene rings is 2. The van der Waals surface area contributed by atoms with Crippen molar-refractivity contribution in [2.24, 2.45) is 0 Å². The zero-order chi connectivity index (χ0) is 16.1. The first kappa shape index (κ1) is 14.4. The molecule has 2 aromatic carbocycles. The molecule has 0 aliphatic carbocycles. The lowest BCUT2D eigenvalue weighted by atomic mass is 10.2. The summed E-state index contributed by atoms with van der Waals surface area (Å²) in [6.07, 6.45) is 1.61. The summed E-state index contributed by atoms with van der Waals surface area (Å²) in [6.45, 7) is 0. The fourth-order valence-corrected chi connectivity index (χ4v) is 3.16. The van der Waals surface area contributed by atoms with Crippen molar-refractivity contribution in [2.75, 3.05) is 0 Å². The number of aromatic nitrogens is 3. The van der Waals surface area contributed by atoms with E-state index in [-0.39, 0.29) is 10.7 Å². The summed E-state index contributed by atoms with van der Waals surface area (Å²) in [5, 5.41) is 0.763. The second-order valence-electron chi connectivity index (χ2n) is 5.05. The molecule has 0 radical (unpaired) electrons. The van der Waals surface area contributed by atoms with Crippen molar-refractivity contribution >= 4 is 49.5 Å². The van der Waals surface area contributed by atoms with Gasteiger partial charge >= 0.3 is 5.69 Å². The smallest absolute Gasteiger partial charge is 0.304 e. The molecule has 114 valence electrons. The fourth-order valence-electron chi connectivity index (χ4n) is 2.63. The lowest BCUT2D eigenvalue weighted by Crippen LogP contribution is -2.14. The summed E-state index contributed by atoms with van der Waals surface area (Å²) >= 11 is 9.29. The second-order valence-corrected chi connectivity index (χ2v) is 6.37. The molecule has 0 aliphatic heterocycles. The molecule has 2 heterocycles. The van der Waals surface area contributed by atoms with Gasteiger partial charge in [0.25, 0.3) is 0 Å². The molecule has 0 saturated carbocycles. The fraction of sp³-hybridized carbons (Fsp3) is 0. The van der Waals surface area contributed by atoms with Crippen LogP contribution in [0.5, 0.6) is 0 Å². The molecule has 1 N–H and O–H groups in total. The molecule has 0 bridgehead atoms. The molecule has 4 rings (SSSR count). The van der Waals surface area contributed by atoms with Gasteiger partial charge in [-0.05, 0) is 36.4 Å². The molecule has 2 aromatic heterocycles. The van der Waals surface area contributed by atoms with Crippen molar-refractivity contribution in [2.45, 2.75) is 0 Å². The van der Waals surface area contributed by atoms with Gasteiger partial charge in [-0.1, -0.05) is 27.5 Å². The van der Waals surface area contributed by atoms with Gasteiger partial charge in [0.1, 0.15) is 5.82 Å². The van der Waals surface area contributed by atoms with Gasteiger partial charge in [-0.2, -0.15) is 0 Å². The van der Waals surface area contributed by atoms with Crippen molar-refractivity contribution in [3.05, 3.63) is 68.4 Å². The standard InChI is InChI=1S/C16H8BrClFN3O/c17-8-1-4-13-10(5-8)15-14(7-20-13)21-16(23)22(15)9-2-3-12(19)11(18)6-9/h1-7H,(H,21,23). The molecule has 0 atom stereocenters. The van der Waals surface area contributed by atoms with E-state index in [0.717, 1.165) is 15.4 Å². The Morgan fingerprint density at radius 3 is 2.83 bits per heavy atom. The number of hydrogen-bond acceptors (Lipinski definition) is 2. The van der Waals surface area contributed by atoms with Crippen molar-refractivity contribution < 1.29 is 4.39 Å². The summed E-state index contributed by atoms with van der Waals surface area (Å²) in [5.74, 6) is -0.530. The summed E-state index contributed by atoms with van der Waals surface area (Å²) in [6, 6.07) is 9.81. The van der Waals surface area contributed by atoms with E-state index in [0.29, 0.717) is 16.7 Å². The molecule has 0 unspecified atom stereocenters. The minimum absolute atomic E-state index is 0.0386. The first-order valence-corrected chi connectivity index (χ1v) is 7.86. The van der Waals surface area contributed by atoms with E-state index in [1.807, 2.05) is 18.2 Å². The number of halogens is 3. The topological polar surface area (TPSA) is 50.7 Å². The Balaban J connectivity index is 2.17. The van der Waals surface area contributed by atoms with Crippen molar-refractivity contribution in [3.8, 4) is 5.69 Å². The first-order chi connectivity index (χ1) is 11.0. The second kappa shape index (κ2) is 5.18. The molecular weight excluding hydrogens is 385 g/mol. The van der Waals surface area contributed by atoms with E-state index >= 15 is 0 Å². The highest BCUT2D eigenvalue weighted by Crippen LogP contribution is 2.27. The monoisotopic (exact) mass is 391 g/mol. The molecule has 0 fully saturated rings. The van der Waals surface area contributed by atoms with E-state index < -0.39 is 5.82 Å². The normalized spacial score (nSPS) is 11.4. The van der Waals surface area contributed by atoms with E-state index in [4.69, 9.17) is 11.6 Å². The van der Waals surface area contributed by atoms with Gasteiger partial charge in [0.15, 0.2) is 0 Å². The Bertz CT molecular complexity index is 1140. The zero-order valence-corrected chi connectivity index (χ0v) is 13.8. The molecule has 0 spiro atoms. The van der Waals surface area contributed by atoms with E-state index in [9.17, 15) is 9.18 Å². The third-order valence-corrected chi connectivity index (χ3v) is 4.41. The maximum atomic E-state index is 13.4. The maximum Gasteiger partial charge on any atom is 0.331 e. The number of hydrogen-bond donors (Lipinski definition) is 1. The predicted octanol–water partition coefficient (Wildman–Crippen LogP) is 4.42. The van der Waals surface area contributed by atoms with E-state index in [2.05, 4.69) is 25.9 Å². The highest BCUT2D eigenvalue weighted by molar-refractivity contribution is 9.10. The summed E-state index contributed by atoms with van der Waals surface area (Å²) < 4.78 is 15.8. The van der Waals surface area contributed by atoms with Crippen LogP contribution in [-0.2, 0) is 0 Å². The molecule has 23 heavy (non-hydrogen) atoms. The number of rotatable bonds is 1. The van der Waals surface area contributed by atoms with Crippen LogP contribution in [0.3, 0.4) is 0 Å². The van der Waals surface area contributed by atoms with Crippen molar-refractivity contribution in [1.82, 2.24) is 14.5 Å². The van der Waals surface area contributed by atoms with Crippen LogP contribution in [0.1, 0.15) is 0 Å². The number of fused-ring (bicyclic) bond motifs is 3. The summed E-state index contributed by atoms with van der Waals surface area (Å²) in [7, 11) is 0. The van der Waals surface area contributed by atoms with Gasteiger partial charge in [-0.25, -0.2) is 9.18 Å². The summed E-state index contributed by atoms with van der Waals surface area (Å²) in [5.41, 5.74) is 2.17. The molecule has 0 aliphatic rings. The van der Waals surface area contributed by atoms with Gasteiger partial charge in [0.05, 0.1) is 33.5 Å². The highest BCUT2D eigenvalue weighted by Gasteiger charge is 2.14. The minimum Gasteiger partial charge on any atom is -0.304 e. The lowest BCUT2D eigenvalue weighted by molar-refractivity contribution is 0.628. The number of imidazole rings is 1. The highest BCUT2D eigenvalue weighted by atomic mass is 79.9. The Labute approximate surface area is 142 Å². The summed E-state index contributed by atoms with van der Waals surface area (Å²) in [4.78, 5) is 19.5. The Kier molecular flexibility index (Phi) is 3.25. The van der Waals surface area contributed by atoms with Crippen LogP contribution < -0.4 is 5.69 Å². The molecule has 7 heteroatoms. The van der Waals surface area contributed by atoms with Gasteiger partial charge in [0.2, 0.25) is 0 Å². The maximum absolute atomic E-state index is 13.4. The molecule has 4 nitrogen and oxygen atoms in total. The van der Waals surface area contributed by atoms with Crippen LogP contribution in [0.2, 0.25) is 5.02 Å². The number of aromatic amines is 1. The zero-order valence-electron chi connectivity index (χ0n) is 11.5. The quantitative estimate of drug-likeness (QED) is 0.521. The van der Waals surface area contributed by atoms with E-state index in [1.54, 1.807) is 6.20 Å². The molecule has 4 aromatic rings. The number of H-pyrrole nitrogens is 1. The van der Waals surface area contributed by atoms with Crippen LogP contribution in [0.4, 0.5) is 4.39 Å². The third kappa shape index (κ3) is 2.26. The average molecular weight is 393 g/mol. The number of nitrogens with one attached hydrogen (secondary N) is 1. The van der Waals surface area contributed by atoms with Gasteiger partial charge in [0, 0.05) is 9.86 Å². The Morgan fingerprint density at radius 2 is 2.04 bits per heavy atom. The van der Waals surface area contributed by atoms with Gasteiger partial charge in [-0.15, -0.1) is 0 Å². The SMILES string of the molecule is O=c1[nH]c2cnc3ccc(Br)cc3c2n1-c1ccc(F)c(Cl)c1. The van der Waals surface area contributed by atoms with Crippen LogP contribution in [-0.4, -0.2) is 14.5 Å². The third-order valence-electron chi connectivity index (χ3n) is 3.63. The molecule has 0 saturated heterocycles.